The summed E-state index contributed by atoms with van der Waals surface area (Å²) in [6.07, 6.45) is 2.80. The molecule has 0 aromatic heterocycles. The number of para-hydroxylation sites is 1. The summed E-state index contributed by atoms with van der Waals surface area (Å²) in [5.41, 5.74) is 3.56. The zero-order valence-corrected chi connectivity index (χ0v) is 16.1. The second kappa shape index (κ2) is 7.59. The Morgan fingerprint density at radius 1 is 1.00 bits per heavy atom. The van der Waals surface area contributed by atoms with Crippen molar-refractivity contribution in [3.8, 4) is 0 Å². The van der Waals surface area contributed by atoms with Gasteiger partial charge >= 0.3 is 0 Å². The Morgan fingerprint density at radius 3 is 2.54 bits per heavy atom. The molecule has 0 spiro atoms. The SMILES string of the molecule is O=C(C1CCN(Cc2ccc(Cl)c(Cl)c2)CC1)N1CCc2ccccc21. The molecule has 0 N–H and O–H groups in total. The predicted octanol–water partition coefficient (Wildman–Crippen LogP) is 4.79. The van der Waals surface area contributed by atoms with E-state index in [2.05, 4.69) is 17.0 Å². The highest BCUT2D eigenvalue weighted by Gasteiger charge is 2.32. The molecule has 0 bridgehead atoms. The third-order valence-electron chi connectivity index (χ3n) is 5.48. The molecule has 2 aliphatic heterocycles. The van der Waals surface area contributed by atoms with E-state index in [1.165, 1.54) is 5.56 Å². The number of anilines is 1. The van der Waals surface area contributed by atoms with Crippen molar-refractivity contribution < 1.29 is 4.79 Å². The summed E-state index contributed by atoms with van der Waals surface area (Å²) in [5.74, 6) is 0.426. The number of fused-ring (bicyclic) bond motifs is 1. The third-order valence-corrected chi connectivity index (χ3v) is 6.22. The van der Waals surface area contributed by atoms with Gasteiger partial charge in [-0.05, 0) is 61.7 Å². The number of piperidine rings is 1. The molecule has 136 valence electrons. The first kappa shape index (κ1) is 17.8. The smallest absolute Gasteiger partial charge is 0.230 e. The summed E-state index contributed by atoms with van der Waals surface area (Å²) in [6, 6.07) is 14.1. The maximum Gasteiger partial charge on any atom is 0.230 e. The van der Waals surface area contributed by atoms with E-state index in [-0.39, 0.29) is 5.92 Å². The van der Waals surface area contributed by atoms with Crippen LogP contribution < -0.4 is 4.90 Å². The van der Waals surface area contributed by atoms with E-state index in [9.17, 15) is 4.79 Å². The van der Waals surface area contributed by atoms with E-state index >= 15 is 0 Å². The Labute approximate surface area is 164 Å². The van der Waals surface area contributed by atoms with Crippen LogP contribution in [0.3, 0.4) is 0 Å². The predicted molar refractivity (Wildman–Crippen MR) is 107 cm³/mol. The lowest BCUT2D eigenvalue weighted by atomic mass is 9.95. The summed E-state index contributed by atoms with van der Waals surface area (Å²) in [6.45, 7) is 3.55. The van der Waals surface area contributed by atoms with E-state index < -0.39 is 0 Å². The zero-order chi connectivity index (χ0) is 18.1. The van der Waals surface area contributed by atoms with Crippen molar-refractivity contribution in [2.24, 2.45) is 5.92 Å². The van der Waals surface area contributed by atoms with E-state index in [0.717, 1.165) is 56.7 Å². The molecule has 2 aliphatic rings. The number of carbonyl (C=O) groups excluding carboxylic acids is 1. The van der Waals surface area contributed by atoms with Gasteiger partial charge in [0.05, 0.1) is 10.0 Å². The van der Waals surface area contributed by atoms with Crippen molar-refractivity contribution in [1.82, 2.24) is 4.90 Å². The lowest BCUT2D eigenvalue weighted by Crippen LogP contribution is -2.41. The molecular formula is C21H22Cl2N2O. The van der Waals surface area contributed by atoms with Crippen molar-refractivity contribution >= 4 is 34.8 Å². The molecule has 0 unspecified atom stereocenters. The van der Waals surface area contributed by atoms with Crippen molar-refractivity contribution in [2.45, 2.75) is 25.8 Å². The Morgan fingerprint density at radius 2 is 1.77 bits per heavy atom. The summed E-state index contributed by atoms with van der Waals surface area (Å²) in [5, 5.41) is 1.19. The maximum atomic E-state index is 13.0. The summed E-state index contributed by atoms with van der Waals surface area (Å²) in [7, 11) is 0. The quantitative estimate of drug-likeness (QED) is 0.753. The number of hydrogen-bond donors (Lipinski definition) is 0. The van der Waals surface area contributed by atoms with Crippen LogP contribution in [0.2, 0.25) is 10.0 Å². The highest BCUT2D eigenvalue weighted by atomic mass is 35.5. The molecular weight excluding hydrogens is 367 g/mol. The summed E-state index contributed by atoms with van der Waals surface area (Å²) >= 11 is 12.1. The van der Waals surface area contributed by atoms with Crippen LogP contribution in [0.1, 0.15) is 24.0 Å². The second-order valence-electron chi connectivity index (χ2n) is 7.17. The highest BCUT2D eigenvalue weighted by molar-refractivity contribution is 6.42. The van der Waals surface area contributed by atoms with Crippen LogP contribution in [0, 0.1) is 5.92 Å². The normalized spacial score (nSPS) is 18.2. The molecule has 1 saturated heterocycles. The molecule has 2 heterocycles. The Bertz CT molecular complexity index is 815. The monoisotopic (exact) mass is 388 g/mol. The van der Waals surface area contributed by atoms with Crippen LogP contribution in [0.4, 0.5) is 5.69 Å². The fraction of sp³-hybridized carbons (Fsp3) is 0.381. The van der Waals surface area contributed by atoms with Gasteiger partial charge in [0.2, 0.25) is 5.91 Å². The zero-order valence-electron chi connectivity index (χ0n) is 14.6. The Kier molecular flexibility index (Phi) is 5.21. The largest absolute Gasteiger partial charge is 0.312 e. The lowest BCUT2D eigenvalue weighted by Gasteiger charge is -2.33. The van der Waals surface area contributed by atoms with Crippen LogP contribution in [-0.4, -0.2) is 30.4 Å². The average Bonchev–Trinajstić information content (AvgIpc) is 3.09. The van der Waals surface area contributed by atoms with Crippen LogP contribution in [0.15, 0.2) is 42.5 Å². The van der Waals surface area contributed by atoms with E-state index in [1.807, 2.05) is 35.2 Å². The number of amides is 1. The van der Waals surface area contributed by atoms with E-state index in [1.54, 1.807) is 0 Å². The number of benzene rings is 2. The fourth-order valence-electron chi connectivity index (χ4n) is 4.02. The van der Waals surface area contributed by atoms with Gasteiger partial charge in [0.15, 0.2) is 0 Å². The van der Waals surface area contributed by atoms with E-state index in [4.69, 9.17) is 23.2 Å². The van der Waals surface area contributed by atoms with Crippen molar-refractivity contribution in [3.63, 3.8) is 0 Å². The molecule has 26 heavy (non-hydrogen) atoms. The maximum absolute atomic E-state index is 13.0. The Hall–Kier alpha value is -1.55. The van der Waals surface area contributed by atoms with Gasteiger partial charge in [-0.1, -0.05) is 47.5 Å². The first-order chi connectivity index (χ1) is 12.6. The molecule has 0 atom stereocenters. The topological polar surface area (TPSA) is 23.6 Å². The minimum absolute atomic E-state index is 0.131. The van der Waals surface area contributed by atoms with Crippen LogP contribution in [-0.2, 0) is 17.8 Å². The number of nitrogens with zero attached hydrogens (tertiary/aromatic N) is 2. The minimum Gasteiger partial charge on any atom is -0.312 e. The molecule has 0 aliphatic carbocycles. The molecule has 4 rings (SSSR count). The number of likely N-dealkylation sites (tertiary alicyclic amines) is 1. The molecule has 2 aromatic carbocycles. The molecule has 2 aromatic rings. The van der Waals surface area contributed by atoms with Crippen LogP contribution in [0.25, 0.3) is 0 Å². The van der Waals surface area contributed by atoms with Gasteiger partial charge in [0.25, 0.3) is 0 Å². The van der Waals surface area contributed by atoms with Crippen molar-refractivity contribution in [1.29, 1.82) is 0 Å². The van der Waals surface area contributed by atoms with Gasteiger partial charge in [-0.2, -0.15) is 0 Å². The number of halogens is 2. The molecule has 5 heteroatoms. The highest BCUT2D eigenvalue weighted by Crippen LogP contribution is 2.31. The summed E-state index contributed by atoms with van der Waals surface area (Å²) in [4.78, 5) is 17.4. The van der Waals surface area contributed by atoms with E-state index in [0.29, 0.717) is 16.0 Å². The first-order valence-corrected chi connectivity index (χ1v) is 9.93. The van der Waals surface area contributed by atoms with Gasteiger partial charge in [0.1, 0.15) is 0 Å². The molecule has 0 radical (unpaired) electrons. The molecule has 1 amide bonds. The minimum atomic E-state index is 0.131. The average molecular weight is 389 g/mol. The van der Waals surface area contributed by atoms with Gasteiger partial charge in [0, 0.05) is 24.7 Å². The standard InChI is InChI=1S/C21H22Cl2N2O/c22-18-6-5-15(13-19(18)23)14-24-10-7-17(8-11-24)21(26)25-12-9-16-3-1-2-4-20(16)25/h1-6,13,17H,7-12,14H2. The third kappa shape index (κ3) is 3.62. The van der Waals surface area contributed by atoms with Crippen LogP contribution in [0.5, 0.6) is 0 Å². The van der Waals surface area contributed by atoms with Crippen molar-refractivity contribution in [3.05, 3.63) is 63.6 Å². The number of hydrogen-bond acceptors (Lipinski definition) is 2. The van der Waals surface area contributed by atoms with Gasteiger partial charge in [-0.25, -0.2) is 0 Å². The molecule has 1 fully saturated rings. The summed E-state index contributed by atoms with van der Waals surface area (Å²) < 4.78 is 0. The fourth-order valence-corrected chi connectivity index (χ4v) is 4.34. The first-order valence-electron chi connectivity index (χ1n) is 9.17. The van der Waals surface area contributed by atoms with Crippen molar-refractivity contribution in [2.75, 3.05) is 24.5 Å². The molecule has 0 saturated carbocycles. The number of carbonyl (C=O) groups is 1. The lowest BCUT2D eigenvalue weighted by molar-refractivity contribution is -0.123. The van der Waals surface area contributed by atoms with Gasteiger partial charge in [-0.15, -0.1) is 0 Å². The number of rotatable bonds is 3. The Balaban J connectivity index is 1.35. The second-order valence-corrected chi connectivity index (χ2v) is 7.98. The van der Waals surface area contributed by atoms with Gasteiger partial charge < -0.3 is 4.90 Å². The molecule has 3 nitrogen and oxygen atoms in total. The van der Waals surface area contributed by atoms with Gasteiger partial charge in [-0.3, -0.25) is 9.69 Å². The van der Waals surface area contributed by atoms with Crippen LogP contribution >= 0.6 is 23.2 Å².